The molecule has 1 aliphatic heterocycles. The first-order valence-electron chi connectivity index (χ1n) is 7.21. The van der Waals surface area contributed by atoms with Gasteiger partial charge in [-0.3, -0.25) is 9.59 Å². The van der Waals surface area contributed by atoms with Crippen LogP contribution in [0.1, 0.15) is 6.42 Å². The number of nitrogens with one attached hydrogen (secondary N) is 2. The van der Waals surface area contributed by atoms with Gasteiger partial charge < -0.3 is 20.3 Å². The topological polar surface area (TPSA) is 70.7 Å². The van der Waals surface area contributed by atoms with Crippen molar-refractivity contribution in [1.29, 1.82) is 0 Å². The Morgan fingerprint density at radius 2 is 2.17 bits per heavy atom. The minimum atomic E-state index is -0.480. The maximum absolute atomic E-state index is 12.2. The monoisotopic (exact) mass is 339 g/mol. The number of benzene rings is 1. The molecular formula is C16H22ClN3O3. The molecule has 0 saturated carbocycles. The number of hydrogen-bond donors (Lipinski definition) is 2. The molecule has 0 radical (unpaired) electrons. The summed E-state index contributed by atoms with van der Waals surface area (Å²) < 4.78 is 5.06. The van der Waals surface area contributed by atoms with E-state index in [0.717, 1.165) is 5.75 Å². The molecular weight excluding hydrogens is 318 g/mol. The third-order valence-corrected chi connectivity index (χ3v) is 3.50. The van der Waals surface area contributed by atoms with Gasteiger partial charge in [0.05, 0.1) is 19.6 Å². The number of methoxy groups -OCH3 is 1. The van der Waals surface area contributed by atoms with E-state index in [1.54, 1.807) is 42.4 Å². The molecule has 2 rings (SSSR count). The smallest absolute Gasteiger partial charge is 0.240 e. The lowest BCUT2D eigenvalue weighted by molar-refractivity contribution is -0.136. The van der Waals surface area contributed by atoms with Gasteiger partial charge in [-0.2, -0.15) is 0 Å². The van der Waals surface area contributed by atoms with Gasteiger partial charge in [0.15, 0.2) is 0 Å². The third kappa shape index (κ3) is 5.26. The van der Waals surface area contributed by atoms with Crippen LogP contribution in [-0.4, -0.2) is 49.5 Å². The molecule has 23 heavy (non-hydrogen) atoms. The number of nitrogens with zero attached hydrogens (tertiary/aromatic N) is 1. The number of ether oxygens (including phenoxy) is 1. The van der Waals surface area contributed by atoms with E-state index in [1.165, 1.54) is 0 Å². The van der Waals surface area contributed by atoms with E-state index in [-0.39, 0.29) is 30.6 Å². The van der Waals surface area contributed by atoms with Gasteiger partial charge in [0.25, 0.3) is 0 Å². The Balaban J connectivity index is 0.00000264. The normalized spacial score (nSPS) is 17.2. The Kier molecular flexibility index (Phi) is 7.57. The Morgan fingerprint density at radius 3 is 2.78 bits per heavy atom. The molecule has 1 atom stereocenters. The van der Waals surface area contributed by atoms with Crippen molar-refractivity contribution >= 4 is 29.9 Å². The molecule has 1 fully saturated rings. The second-order valence-electron chi connectivity index (χ2n) is 5.06. The second-order valence-corrected chi connectivity index (χ2v) is 5.06. The number of carbonyl (C=O) groups excluding carboxylic acids is 2. The summed E-state index contributed by atoms with van der Waals surface area (Å²) in [6.45, 7) is 5.47. The zero-order valence-corrected chi connectivity index (χ0v) is 13.9. The van der Waals surface area contributed by atoms with Crippen molar-refractivity contribution in [3.8, 4) is 5.75 Å². The first-order chi connectivity index (χ1) is 10.6. The standard InChI is InChI=1S/C16H21N3O3.ClH/c1-3-9-19-10-8-17-14(16(19)21)11-15(20)18-12-4-6-13(22-2)7-5-12;/h3-7,14,17H,1,8-11H2,2H3,(H,18,20);1H. The van der Waals surface area contributed by atoms with E-state index in [0.29, 0.717) is 25.3 Å². The fraction of sp³-hybridized carbons (Fsp3) is 0.375. The average molecular weight is 340 g/mol. The van der Waals surface area contributed by atoms with E-state index >= 15 is 0 Å². The number of halogens is 1. The summed E-state index contributed by atoms with van der Waals surface area (Å²) in [6.07, 6.45) is 1.80. The fourth-order valence-corrected chi connectivity index (χ4v) is 2.36. The molecule has 2 amide bonds. The van der Waals surface area contributed by atoms with Crippen LogP contribution in [0.15, 0.2) is 36.9 Å². The van der Waals surface area contributed by atoms with Gasteiger partial charge >= 0.3 is 0 Å². The van der Waals surface area contributed by atoms with E-state index in [2.05, 4.69) is 17.2 Å². The number of hydrogen-bond acceptors (Lipinski definition) is 4. The molecule has 1 unspecified atom stereocenters. The van der Waals surface area contributed by atoms with E-state index in [9.17, 15) is 9.59 Å². The maximum Gasteiger partial charge on any atom is 0.240 e. The molecule has 0 spiro atoms. The number of carbonyl (C=O) groups is 2. The summed E-state index contributed by atoms with van der Waals surface area (Å²) in [5, 5.41) is 5.87. The molecule has 7 heteroatoms. The SMILES string of the molecule is C=CCN1CCNC(CC(=O)Nc2ccc(OC)cc2)C1=O.Cl. The molecule has 0 bridgehead atoms. The Labute approximate surface area is 142 Å². The van der Waals surface area contributed by atoms with Crippen LogP contribution in [0.4, 0.5) is 5.69 Å². The summed E-state index contributed by atoms with van der Waals surface area (Å²) in [4.78, 5) is 26.0. The van der Waals surface area contributed by atoms with Crippen molar-refractivity contribution in [2.45, 2.75) is 12.5 Å². The van der Waals surface area contributed by atoms with Crippen LogP contribution in [0.5, 0.6) is 5.75 Å². The van der Waals surface area contributed by atoms with Gasteiger partial charge in [-0.25, -0.2) is 0 Å². The average Bonchev–Trinajstić information content (AvgIpc) is 2.52. The lowest BCUT2D eigenvalue weighted by Crippen LogP contribution is -2.55. The Hall–Kier alpha value is -2.05. The Bertz CT molecular complexity index is 548. The van der Waals surface area contributed by atoms with Crippen molar-refractivity contribution in [2.24, 2.45) is 0 Å². The number of anilines is 1. The second kappa shape index (κ2) is 9.17. The van der Waals surface area contributed by atoms with Crippen LogP contribution in [-0.2, 0) is 9.59 Å². The van der Waals surface area contributed by atoms with Crippen LogP contribution in [0.25, 0.3) is 0 Å². The fourth-order valence-electron chi connectivity index (χ4n) is 2.36. The van der Waals surface area contributed by atoms with Crippen LogP contribution >= 0.6 is 12.4 Å². The first kappa shape index (κ1) is 19.0. The summed E-state index contributed by atoms with van der Waals surface area (Å²) >= 11 is 0. The predicted molar refractivity (Wildman–Crippen MR) is 92.1 cm³/mol. The zero-order chi connectivity index (χ0) is 15.9. The highest BCUT2D eigenvalue weighted by Gasteiger charge is 2.29. The highest BCUT2D eigenvalue weighted by molar-refractivity contribution is 5.95. The summed E-state index contributed by atoms with van der Waals surface area (Å²) in [5.41, 5.74) is 0.678. The zero-order valence-electron chi connectivity index (χ0n) is 13.1. The van der Waals surface area contributed by atoms with E-state index in [1.807, 2.05) is 0 Å². The molecule has 126 valence electrons. The van der Waals surface area contributed by atoms with E-state index < -0.39 is 6.04 Å². The molecule has 1 aromatic rings. The highest BCUT2D eigenvalue weighted by atomic mass is 35.5. The lowest BCUT2D eigenvalue weighted by atomic mass is 10.1. The van der Waals surface area contributed by atoms with Crippen LogP contribution in [0.3, 0.4) is 0 Å². The molecule has 2 N–H and O–H groups in total. The van der Waals surface area contributed by atoms with Gasteiger partial charge in [0.2, 0.25) is 11.8 Å². The van der Waals surface area contributed by atoms with Crippen molar-refractivity contribution in [2.75, 3.05) is 32.1 Å². The quantitative estimate of drug-likeness (QED) is 0.769. The van der Waals surface area contributed by atoms with Crippen LogP contribution < -0.4 is 15.4 Å². The highest BCUT2D eigenvalue weighted by Crippen LogP contribution is 2.15. The van der Waals surface area contributed by atoms with Crippen molar-refractivity contribution in [3.63, 3.8) is 0 Å². The van der Waals surface area contributed by atoms with Crippen LogP contribution in [0.2, 0.25) is 0 Å². The van der Waals surface area contributed by atoms with Gasteiger partial charge in [-0.1, -0.05) is 6.08 Å². The van der Waals surface area contributed by atoms with Gasteiger partial charge in [0.1, 0.15) is 5.75 Å². The van der Waals surface area contributed by atoms with E-state index in [4.69, 9.17) is 4.74 Å². The molecule has 1 aliphatic rings. The minimum absolute atomic E-state index is 0. The maximum atomic E-state index is 12.2. The summed E-state index contributed by atoms with van der Waals surface area (Å²) in [5.74, 6) is 0.467. The van der Waals surface area contributed by atoms with Crippen molar-refractivity contribution in [3.05, 3.63) is 36.9 Å². The molecule has 0 aliphatic carbocycles. The molecule has 0 aromatic heterocycles. The minimum Gasteiger partial charge on any atom is -0.497 e. The van der Waals surface area contributed by atoms with Crippen LogP contribution in [0, 0.1) is 0 Å². The largest absolute Gasteiger partial charge is 0.497 e. The number of piperazine rings is 1. The van der Waals surface area contributed by atoms with Gasteiger partial charge in [-0.05, 0) is 24.3 Å². The lowest BCUT2D eigenvalue weighted by Gasteiger charge is -2.32. The van der Waals surface area contributed by atoms with Gasteiger partial charge in [0, 0.05) is 25.3 Å². The predicted octanol–water partition coefficient (Wildman–Crippen LogP) is 1.43. The third-order valence-electron chi connectivity index (χ3n) is 3.50. The Morgan fingerprint density at radius 1 is 1.48 bits per heavy atom. The molecule has 1 aromatic carbocycles. The molecule has 1 heterocycles. The van der Waals surface area contributed by atoms with Gasteiger partial charge in [-0.15, -0.1) is 19.0 Å². The molecule has 1 saturated heterocycles. The number of rotatable bonds is 6. The summed E-state index contributed by atoms with van der Waals surface area (Å²) in [7, 11) is 1.59. The summed E-state index contributed by atoms with van der Waals surface area (Å²) in [6, 6.07) is 6.58. The number of amides is 2. The first-order valence-corrected chi connectivity index (χ1v) is 7.21. The van der Waals surface area contributed by atoms with Crippen molar-refractivity contribution in [1.82, 2.24) is 10.2 Å². The molecule has 6 nitrogen and oxygen atoms in total. The van der Waals surface area contributed by atoms with Crippen molar-refractivity contribution < 1.29 is 14.3 Å².